The summed E-state index contributed by atoms with van der Waals surface area (Å²) in [5.74, 6) is -0.721. The number of hydrogen-bond donors (Lipinski definition) is 1. The zero-order valence-electron chi connectivity index (χ0n) is 15.2. The molecule has 0 fully saturated rings. The first-order chi connectivity index (χ1) is 12.8. The predicted molar refractivity (Wildman–Crippen MR) is 101 cm³/mol. The molecule has 2 rings (SSSR count). The Kier molecular flexibility index (Phi) is 7.01. The van der Waals surface area contributed by atoms with Gasteiger partial charge in [0.1, 0.15) is 5.75 Å². The topological polar surface area (TPSA) is 67.9 Å². The zero-order valence-corrected chi connectivity index (χ0v) is 16.0. The third-order valence-corrected chi connectivity index (χ3v) is 4.05. The fourth-order valence-corrected chi connectivity index (χ4v) is 2.57. The minimum Gasteiger partial charge on any atom is -0.495 e. The molecule has 6 nitrogen and oxygen atoms in total. The van der Waals surface area contributed by atoms with Gasteiger partial charge in [-0.2, -0.15) is 0 Å². The number of carbonyl (C=O) groups is 2. The summed E-state index contributed by atoms with van der Waals surface area (Å²) in [5.41, 5.74) is 0.898. The Bertz CT molecular complexity index is 844. The van der Waals surface area contributed by atoms with E-state index in [4.69, 9.17) is 21.1 Å². The van der Waals surface area contributed by atoms with Crippen LogP contribution in [0.1, 0.15) is 5.56 Å². The predicted octanol–water partition coefficient (Wildman–Crippen LogP) is 3.14. The third-order valence-electron chi connectivity index (χ3n) is 3.81. The number of likely N-dealkylation sites (N-methyl/N-ethyl adjacent to an activating group) is 1. The maximum atomic E-state index is 13.7. The highest BCUT2D eigenvalue weighted by Gasteiger charge is 2.16. The van der Waals surface area contributed by atoms with Crippen LogP contribution < -0.4 is 14.8 Å². The molecule has 144 valence electrons. The maximum Gasteiger partial charge on any atom is 0.244 e. The SMILES string of the molecule is COc1ccc(CC(=O)N(C)CC(=O)Nc2cc(Cl)ccc2OC)cc1F. The van der Waals surface area contributed by atoms with Crippen LogP contribution in [0.15, 0.2) is 36.4 Å². The van der Waals surface area contributed by atoms with Gasteiger partial charge in [-0.05, 0) is 35.9 Å². The average Bonchev–Trinajstić information content (AvgIpc) is 2.62. The first-order valence-electron chi connectivity index (χ1n) is 8.03. The number of nitrogens with one attached hydrogen (secondary N) is 1. The summed E-state index contributed by atoms with van der Waals surface area (Å²) in [5, 5.41) is 3.10. The molecule has 2 aromatic carbocycles. The molecule has 8 heteroatoms. The van der Waals surface area contributed by atoms with Crippen molar-refractivity contribution in [1.82, 2.24) is 4.90 Å². The van der Waals surface area contributed by atoms with Crippen molar-refractivity contribution in [3.8, 4) is 11.5 Å². The molecular formula is C19H20ClFN2O4. The van der Waals surface area contributed by atoms with Gasteiger partial charge in [0.15, 0.2) is 11.6 Å². The summed E-state index contributed by atoms with van der Waals surface area (Å²) in [7, 11) is 4.34. The third kappa shape index (κ3) is 5.59. The van der Waals surface area contributed by atoms with Crippen molar-refractivity contribution >= 4 is 29.1 Å². The van der Waals surface area contributed by atoms with E-state index in [1.165, 1.54) is 38.3 Å². The Morgan fingerprint density at radius 3 is 2.41 bits per heavy atom. The second kappa shape index (κ2) is 9.23. The highest BCUT2D eigenvalue weighted by atomic mass is 35.5. The van der Waals surface area contributed by atoms with Gasteiger partial charge in [-0.25, -0.2) is 4.39 Å². The molecule has 0 radical (unpaired) electrons. The van der Waals surface area contributed by atoms with Crippen LogP contribution in [0.5, 0.6) is 11.5 Å². The first kappa shape index (κ1) is 20.5. The van der Waals surface area contributed by atoms with Gasteiger partial charge >= 0.3 is 0 Å². The molecule has 27 heavy (non-hydrogen) atoms. The molecule has 2 amide bonds. The highest BCUT2D eigenvalue weighted by molar-refractivity contribution is 6.31. The van der Waals surface area contributed by atoms with Gasteiger partial charge in [-0.1, -0.05) is 17.7 Å². The zero-order chi connectivity index (χ0) is 20.0. The molecule has 0 aliphatic carbocycles. The normalized spacial score (nSPS) is 10.3. The Morgan fingerprint density at radius 1 is 1.11 bits per heavy atom. The van der Waals surface area contributed by atoms with Gasteiger partial charge in [-0.3, -0.25) is 9.59 Å². The molecule has 2 aromatic rings. The molecule has 0 spiro atoms. The lowest BCUT2D eigenvalue weighted by Gasteiger charge is -2.18. The van der Waals surface area contributed by atoms with Crippen LogP contribution in [0.4, 0.5) is 10.1 Å². The molecule has 0 heterocycles. The maximum absolute atomic E-state index is 13.7. The Balaban J connectivity index is 1.96. The van der Waals surface area contributed by atoms with Crippen LogP contribution in [0, 0.1) is 5.82 Å². The van der Waals surface area contributed by atoms with Gasteiger partial charge in [0.25, 0.3) is 0 Å². The summed E-state index contributed by atoms with van der Waals surface area (Å²) in [6.45, 7) is -0.173. The molecule has 0 saturated heterocycles. The van der Waals surface area contributed by atoms with Crippen molar-refractivity contribution in [2.75, 3.05) is 33.1 Å². The fourth-order valence-electron chi connectivity index (χ4n) is 2.40. The van der Waals surface area contributed by atoms with Crippen molar-refractivity contribution < 1.29 is 23.5 Å². The van der Waals surface area contributed by atoms with E-state index in [0.717, 1.165) is 0 Å². The van der Waals surface area contributed by atoms with E-state index < -0.39 is 11.7 Å². The standard InChI is InChI=1S/C19H20ClFN2O4/c1-23(19(25)9-12-4-6-16(26-2)14(21)8-12)11-18(24)22-15-10-13(20)5-7-17(15)27-3/h4-8,10H,9,11H2,1-3H3,(H,22,24). The van der Waals surface area contributed by atoms with Crippen LogP contribution in [-0.2, 0) is 16.0 Å². The lowest BCUT2D eigenvalue weighted by atomic mass is 10.1. The van der Waals surface area contributed by atoms with E-state index in [1.54, 1.807) is 24.3 Å². The summed E-state index contributed by atoms with van der Waals surface area (Å²) in [6.07, 6.45) is -0.0365. The second-order valence-electron chi connectivity index (χ2n) is 5.79. The van der Waals surface area contributed by atoms with Crippen LogP contribution in [0.25, 0.3) is 0 Å². The largest absolute Gasteiger partial charge is 0.495 e. The summed E-state index contributed by atoms with van der Waals surface area (Å²) >= 11 is 5.93. The Hall–Kier alpha value is -2.80. The van der Waals surface area contributed by atoms with Crippen molar-refractivity contribution in [3.05, 3.63) is 52.8 Å². The average molecular weight is 395 g/mol. The number of amides is 2. The Labute approximate surface area is 161 Å². The van der Waals surface area contributed by atoms with E-state index in [1.807, 2.05) is 0 Å². The summed E-state index contributed by atoms with van der Waals surface area (Å²) in [4.78, 5) is 25.8. The molecule has 0 aliphatic heterocycles. The monoisotopic (exact) mass is 394 g/mol. The first-order valence-corrected chi connectivity index (χ1v) is 8.41. The molecule has 0 unspecified atom stereocenters. The Morgan fingerprint density at radius 2 is 1.78 bits per heavy atom. The van der Waals surface area contributed by atoms with Crippen molar-refractivity contribution in [1.29, 1.82) is 0 Å². The number of carbonyl (C=O) groups excluding carboxylic acids is 2. The lowest BCUT2D eigenvalue weighted by molar-refractivity contribution is -0.132. The van der Waals surface area contributed by atoms with Crippen molar-refractivity contribution in [2.45, 2.75) is 6.42 Å². The van der Waals surface area contributed by atoms with Crippen LogP contribution in [-0.4, -0.2) is 44.5 Å². The van der Waals surface area contributed by atoms with Gasteiger partial charge in [0, 0.05) is 12.1 Å². The van der Waals surface area contributed by atoms with Crippen molar-refractivity contribution in [2.24, 2.45) is 0 Å². The molecule has 0 atom stereocenters. The minimum absolute atomic E-state index is 0.0365. The highest BCUT2D eigenvalue weighted by Crippen LogP contribution is 2.27. The van der Waals surface area contributed by atoms with E-state index in [0.29, 0.717) is 22.0 Å². The molecule has 0 bridgehead atoms. The van der Waals surface area contributed by atoms with E-state index in [2.05, 4.69) is 5.32 Å². The molecule has 0 saturated carbocycles. The van der Waals surface area contributed by atoms with E-state index in [9.17, 15) is 14.0 Å². The number of methoxy groups -OCH3 is 2. The van der Waals surface area contributed by atoms with Crippen LogP contribution in [0.3, 0.4) is 0 Å². The molecule has 0 aliphatic rings. The molecular weight excluding hydrogens is 375 g/mol. The lowest BCUT2D eigenvalue weighted by Crippen LogP contribution is -2.35. The summed E-state index contributed by atoms with van der Waals surface area (Å²) < 4.78 is 23.7. The number of benzene rings is 2. The van der Waals surface area contributed by atoms with E-state index in [-0.39, 0.29) is 24.6 Å². The van der Waals surface area contributed by atoms with Gasteiger partial charge in [-0.15, -0.1) is 0 Å². The summed E-state index contributed by atoms with van der Waals surface area (Å²) in [6, 6.07) is 9.12. The van der Waals surface area contributed by atoms with E-state index >= 15 is 0 Å². The van der Waals surface area contributed by atoms with Gasteiger partial charge in [0.2, 0.25) is 11.8 Å². The van der Waals surface area contributed by atoms with Gasteiger partial charge in [0.05, 0.1) is 32.9 Å². The number of nitrogens with zero attached hydrogens (tertiary/aromatic N) is 1. The molecule has 1 N–H and O–H groups in total. The fraction of sp³-hybridized carbons (Fsp3) is 0.263. The number of rotatable bonds is 7. The number of ether oxygens (including phenoxy) is 2. The van der Waals surface area contributed by atoms with Crippen LogP contribution in [0.2, 0.25) is 5.02 Å². The number of hydrogen-bond acceptors (Lipinski definition) is 4. The quantitative estimate of drug-likeness (QED) is 0.783. The van der Waals surface area contributed by atoms with Gasteiger partial charge < -0.3 is 19.7 Å². The minimum atomic E-state index is -0.545. The molecule has 0 aromatic heterocycles. The van der Waals surface area contributed by atoms with Crippen LogP contribution >= 0.6 is 11.6 Å². The van der Waals surface area contributed by atoms with Crippen molar-refractivity contribution in [3.63, 3.8) is 0 Å². The number of anilines is 1. The number of halogens is 2. The smallest absolute Gasteiger partial charge is 0.244 e. The second-order valence-corrected chi connectivity index (χ2v) is 6.22.